The highest BCUT2D eigenvalue weighted by molar-refractivity contribution is 6.31. The first-order valence-electron chi connectivity index (χ1n) is 4.37. The van der Waals surface area contributed by atoms with E-state index in [4.69, 9.17) is 21.9 Å². The zero-order valence-electron chi connectivity index (χ0n) is 8.35. The predicted octanol–water partition coefficient (Wildman–Crippen LogP) is 0.219. The maximum Gasteiger partial charge on any atom is 0.278 e. The van der Waals surface area contributed by atoms with Crippen LogP contribution in [0.25, 0.3) is 0 Å². The summed E-state index contributed by atoms with van der Waals surface area (Å²) in [5, 5.41) is 3.65. The lowest BCUT2D eigenvalue weighted by molar-refractivity contribution is 0.386. The Morgan fingerprint density at radius 1 is 1.62 bits per heavy atom. The van der Waals surface area contributed by atoms with E-state index in [9.17, 15) is 4.79 Å². The van der Waals surface area contributed by atoms with Crippen LogP contribution < -0.4 is 11.3 Å². The molecule has 0 aliphatic carbocycles. The summed E-state index contributed by atoms with van der Waals surface area (Å²) in [7, 11) is 0. The minimum Gasteiger partial charge on any atom is -0.392 e. The average molecular weight is 242 g/mol. The third kappa shape index (κ3) is 1.89. The van der Waals surface area contributed by atoms with Crippen molar-refractivity contribution in [1.82, 2.24) is 19.7 Å². The van der Waals surface area contributed by atoms with Crippen molar-refractivity contribution in [2.45, 2.75) is 13.5 Å². The second-order valence-corrected chi connectivity index (χ2v) is 3.47. The van der Waals surface area contributed by atoms with Crippen LogP contribution in [0.15, 0.2) is 15.6 Å². The van der Waals surface area contributed by atoms with E-state index in [2.05, 4.69) is 15.1 Å². The van der Waals surface area contributed by atoms with Crippen molar-refractivity contribution in [1.29, 1.82) is 0 Å². The molecule has 2 aromatic heterocycles. The van der Waals surface area contributed by atoms with E-state index in [-0.39, 0.29) is 17.4 Å². The minimum atomic E-state index is -0.428. The summed E-state index contributed by atoms with van der Waals surface area (Å²) in [5.74, 6) is 0.807. The Labute approximate surface area is 94.9 Å². The van der Waals surface area contributed by atoms with Crippen molar-refractivity contribution in [3.63, 3.8) is 0 Å². The molecular formula is C8H8ClN5O2. The van der Waals surface area contributed by atoms with Gasteiger partial charge in [-0.3, -0.25) is 9.36 Å². The van der Waals surface area contributed by atoms with Crippen molar-refractivity contribution < 1.29 is 4.52 Å². The van der Waals surface area contributed by atoms with Crippen molar-refractivity contribution >= 4 is 17.3 Å². The van der Waals surface area contributed by atoms with Gasteiger partial charge in [0.15, 0.2) is 11.0 Å². The predicted molar refractivity (Wildman–Crippen MR) is 56.1 cm³/mol. The highest BCUT2D eigenvalue weighted by Crippen LogP contribution is 2.08. The maximum atomic E-state index is 11.6. The molecule has 0 saturated heterocycles. The van der Waals surface area contributed by atoms with Crippen LogP contribution in [-0.4, -0.2) is 19.7 Å². The highest BCUT2D eigenvalue weighted by atomic mass is 35.5. The first-order valence-corrected chi connectivity index (χ1v) is 4.75. The van der Waals surface area contributed by atoms with Crippen LogP contribution in [0, 0.1) is 6.92 Å². The fraction of sp³-hybridized carbons (Fsp3) is 0.250. The van der Waals surface area contributed by atoms with Gasteiger partial charge in [0.05, 0.1) is 12.9 Å². The molecule has 0 unspecified atom stereocenters. The van der Waals surface area contributed by atoms with Gasteiger partial charge in [-0.1, -0.05) is 16.8 Å². The Kier molecular flexibility index (Phi) is 2.61. The molecule has 0 bridgehead atoms. The summed E-state index contributed by atoms with van der Waals surface area (Å²) < 4.78 is 6.03. The van der Waals surface area contributed by atoms with Gasteiger partial charge in [0.2, 0.25) is 5.89 Å². The van der Waals surface area contributed by atoms with Crippen molar-refractivity contribution in [2.75, 3.05) is 5.73 Å². The highest BCUT2D eigenvalue weighted by Gasteiger charge is 2.09. The normalized spacial score (nSPS) is 10.6. The number of anilines is 1. The van der Waals surface area contributed by atoms with Crippen LogP contribution in [0.5, 0.6) is 0 Å². The van der Waals surface area contributed by atoms with E-state index >= 15 is 0 Å². The van der Waals surface area contributed by atoms with E-state index in [1.807, 2.05) is 0 Å². The molecule has 2 heterocycles. The summed E-state index contributed by atoms with van der Waals surface area (Å²) in [6.45, 7) is 1.80. The Morgan fingerprint density at radius 3 is 3.00 bits per heavy atom. The lowest BCUT2D eigenvalue weighted by atomic mass is 10.5. The van der Waals surface area contributed by atoms with Gasteiger partial charge in [0.25, 0.3) is 5.56 Å². The van der Waals surface area contributed by atoms with E-state index in [0.717, 1.165) is 0 Å². The summed E-state index contributed by atoms with van der Waals surface area (Å²) in [6.07, 6.45) is 1.28. The monoisotopic (exact) mass is 241 g/mol. The standard InChI is InChI=1S/C8H8ClN5O2/c1-4-12-5(13-16-4)2-14-3-11-7(9)6(10)8(14)15/h3H,2,10H2,1H3. The number of hydrogen-bond acceptors (Lipinski definition) is 6. The van der Waals surface area contributed by atoms with Gasteiger partial charge >= 0.3 is 0 Å². The molecule has 0 atom stereocenters. The molecule has 0 aromatic carbocycles. The molecule has 2 N–H and O–H groups in total. The maximum absolute atomic E-state index is 11.6. The van der Waals surface area contributed by atoms with Gasteiger partial charge in [-0.05, 0) is 0 Å². The van der Waals surface area contributed by atoms with Crippen molar-refractivity contribution in [3.05, 3.63) is 33.5 Å². The number of nitrogen functional groups attached to an aromatic ring is 1. The third-order valence-corrected chi connectivity index (χ3v) is 2.21. The molecule has 0 fully saturated rings. The molecule has 0 radical (unpaired) electrons. The van der Waals surface area contributed by atoms with Crippen LogP contribution >= 0.6 is 11.6 Å². The number of halogens is 1. The number of nitrogens with two attached hydrogens (primary N) is 1. The minimum absolute atomic E-state index is 0.00876. The van der Waals surface area contributed by atoms with E-state index in [1.165, 1.54) is 10.9 Å². The lowest BCUT2D eigenvalue weighted by Gasteiger charge is -2.03. The quantitative estimate of drug-likeness (QED) is 0.755. The molecule has 2 aromatic rings. The molecule has 16 heavy (non-hydrogen) atoms. The SMILES string of the molecule is Cc1nc(Cn2cnc(Cl)c(N)c2=O)no1. The number of aromatic nitrogens is 4. The second kappa shape index (κ2) is 3.93. The zero-order chi connectivity index (χ0) is 11.7. The van der Waals surface area contributed by atoms with Crippen LogP contribution in [0.1, 0.15) is 11.7 Å². The second-order valence-electron chi connectivity index (χ2n) is 3.11. The molecule has 0 amide bonds. The van der Waals surface area contributed by atoms with Crippen LogP contribution in [-0.2, 0) is 6.54 Å². The average Bonchev–Trinajstić information content (AvgIpc) is 2.65. The van der Waals surface area contributed by atoms with Crippen molar-refractivity contribution in [2.24, 2.45) is 0 Å². The molecule has 0 aliphatic heterocycles. The Bertz CT molecular complexity index is 576. The number of rotatable bonds is 2. The third-order valence-electron chi connectivity index (χ3n) is 1.91. The van der Waals surface area contributed by atoms with Gasteiger partial charge in [0.1, 0.15) is 5.69 Å². The first-order chi connectivity index (χ1) is 7.58. The van der Waals surface area contributed by atoms with Crippen LogP contribution in [0.4, 0.5) is 5.69 Å². The van der Waals surface area contributed by atoms with E-state index in [1.54, 1.807) is 6.92 Å². The molecular weight excluding hydrogens is 234 g/mol. The van der Waals surface area contributed by atoms with Gasteiger partial charge in [-0.15, -0.1) is 0 Å². The van der Waals surface area contributed by atoms with Crippen LogP contribution in [0.3, 0.4) is 0 Å². The fourth-order valence-electron chi connectivity index (χ4n) is 1.16. The van der Waals surface area contributed by atoms with Gasteiger partial charge in [-0.25, -0.2) is 4.98 Å². The van der Waals surface area contributed by atoms with Gasteiger partial charge in [-0.2, -0.15) is 4.98 Å². The summed E-state index contributed by atoms with van der Waals surface area (Å²) in [6, 6.07) is 0. The van der Waals surface area contributed by atoms with Gasteiger partial charge in [0, 0.05) is 6.92 Å². The fourth-order valence-corrected chi connectivity index (χ4v) is 1.28. The van der Waals surface area contributed by atoms with E-state index < -0.39 is 5.56 Å². The largest absolute Gasteiger partial charge is 0.392 e. The summed E-state index contributed by atoms with van der Waals surface area (Å²) in [4.78, 5) is 19.3. The summed E-state index contributed by atoms with van der Waals surface area (Å²) in [5.41, 5.74) is 4.93. The first kappa shape index (κ1) is 10.6. The Hall–Kier alpha value is -1.89. The molecule has 84 valence electrons. The smallest absolute Gasteiger partial charge is 0.278 e. The molecule has 0 aliphatic rings. The Balaban J connectivity index is 2.36. The molecule has 0 saturated carbocycles. The van der Waals surface area contributed by atoms with E-state index in [0.29, 0.717) is 11.7 Å². The topological polar surface area (TPSA) is 99.8 Å². The number of hydrogen-bond donors (Lipinski definition) is 1. The van der Waals surface area contributed by atoms with Crippen LogP contribution in [0.2, 0.25) is 5.15 Å². The molecule has 7 nitrogen and oxygen atoms in total. The molecule has 0 spiro atoms. The summed E-state index contributed by atoms with van der Waals surface area (Å²) >= 11 is 5.59. The Morgan fingerprint density at radius 2 is 2.38 bits per heavy atom. The number of nitrogens with zero attached hydrogens (tertiary/aromatic N) is 4. The lowest BCUT2D eigenvalue weighted by Crippen LogP contribution is -2.24. The zero-order valence-corrected chi connectivity index (χ0v) is 9.10. The van der Waals surface area contributed by atoms with Crippen molar-refractivity contribution in [3.8, 4) is 0 Å². The molecule has 8 heteroatoms. The number of aryl methyl sites for hydroxylation is 1. The molecule has 2 rings (SSSR count). The van der Waals surface area contributed by atoms with Gasteiger partial charge < -0.3 is 10.3 Å².